The van der Waals surface area contributed by atoms with Gasteiger partial charge in [0.15, 0.2) is 62.4 Å². The Bertz CT molecular complexity index is 6370. The van der Waals surface area contributed by atoms with Gasteiger partial charge in [-0.3, -0.25) is 28.3 Å². The molecule has 4 aromatic carbocycles. The molecule has 0 spiro atoms. The molecule has 2 aliphatic heterocycles. The molecule has 0 atom stereocenters. The number of benzene rings is 4. The zero-order valence-electron chi connectivity index (χ0n) is 76.8. The van der Waals surface area contributed by atoms with Gasteiger partial charge in [0.1, 0.15) is 43.6 Å². The van der Waals surface area contributed by atoms with E-state index in [1.165, 1.54) is 34.6 Å². The minimum atomic E-state index is -0.863. The Kier molecular flexibility index (Phi) is 34.4. The third-order valence-electron chi connectivity index (χ3n) is 21.0. The lowest BCUT2D eigenvalue weighted by Crippen LogP contribution is -2.43. The Morgan fingerprint density at radius 2 is 0.813 bits per heavy atom. The number of carbonyl (C=O) groups excluding carboxylic acids is 2. The summed E-state index contributed by atoms with van der Waals surface area (Å²) in [5.74, 6) is 2.31. The summed E-state index contributed by atoms with van der Waals surface area (Å²) >= 11 is 0. The number of hydrogen-bond acceptors (Lipinski definition) is 36. The molecule has 16 rings (SSSR count). The van der Waals surface area contributed by atoms with Gasteiger partial charge in [-0.25, -0.2) is 24.4 Å². The molecule has 0 bridgehead atoms. The van der Waals surface area contributed by atoms with E-state index in [9.17, 15) is 19.2 Å². The van der Waals surface area contributed by atoms with Crippen LogP contribution >= 0.6 is 0 Å². The highest BCUT2D eigenvalue weighted by molar-refractivity contribution is 5.86. The standard InChI is InChI=1S/C25H35N7O5.C24H32N6O5.C22H25N7O2.C21H22N6O4/c1-17(2)36-25(33)37-24-27-20-21(26)28-23(35-13-12-34-4)29-22(20)32(24)16-19-7-5-6-18(14-19)15-31-10-8-30(3)9-11-31;1-16(2)34-24(31)35-23-26-19-20(25)27-22(33-12-11-32-3)28-21(19)30(23)15-18-8-6-7-17(13-18)14-29-9-4-5-10-29;1-15-26-19-20(23)27-22(31-11-10-30-2)28-21(19)29(15)14-17-7-5-6-16(12-17)13-25-18-8-3-4-9-24-18;1-30-9-10-31-20-24-18(22)17-19(25-20)27(21(29)23-17)13-15-6-4-5-14(11-15)12-26-8-3-2-7-16(26)28/h5-7,14,17H,8-13,15-16H2,1-4H3,(H2,26,28,29);6-8,13,16H,4-5,9-12,14-15H2,1-3H3,(H2,25,27,28);3-9,12H,10-11,13-14H2,1-2H3,(H,24,25)(H2,23,27,28);2-8,11H,9-10,12-13H2,1H3,(H,23,29)(H2,22,24,25). The van der Waals surface area contributed by atoms with Crippen molar-refractivity contribution >= 4 is 86.1 Å². The number of pyridine rings is 2. The van der Waals surface area contributed by atoms with Gasteiger partial charge in [0.2, 0.25) is 0 Å². The predicted octanol–water partition coefficient (Wildman–Crippen LogP) is 8.94. The average Bonchev–Trinajstić information content (AvgIpc) is 1.64. The van der Waals surface area contributed by atoms with E-state index in [4.69, 9.17) is 79.8 Å². The zero-order valence-corrected chi connectivity index (χ0v) is 76.8. The first kappa shape index (κ1) is 97.0. The Hall–Kier alpha value is -14.6. The lowest BCUT2D eigenvalue weighted by Gasteiger charge is -2.32. The summed E-state index contributed by atoms with van der Waals surface area (Å²) in [4.78, 5) is 111. The lowest BCUT2D eigenvalue weighted by molar-refractivity contribution is 0.0679. The van der Waals surface area contributed by atoms with Crippen molar-refractivity contribution in [2.24, 2.45) is 0 Å². The van der Waals surface area contributed by atoms with Crippen molar-refractivity contribution in [3.05, 3.63) is 217 Å². The van der Waals surface area contributed by atoms with E-state index < -0.39 is 12.3 Å². The van der Waals surface area contributed by atoms with Crippen LogP contribution in [-0.4, -0.2) is 254 Å². The number of nitrogen functional groups attached to an aromatic ring is 4. The lowest BCUT2D eigenvalue weighted by atomic mass is 10.1. The summed E-state index contributed by atoms with van der Waals surface area (Å²) in [6.07, 6.45) is 3.58. The monoisotopic (exact) mass is 1840 g/mol. The van der Waals surface area contributed by atoms with Crippen LogP contribution in [0.3, 0.4) is 0 Å². The molecule has 0 amide bonds. The number of rotatable bonds is 37. The molecule has 14 aromatic rings. The first-order valence-corrected chi connectivity index (χ1v) is 43.8. The fourth-order valence-corrected chi connectivity index (χ4v) is 14.5. The minimum absolute atomic E-state index is 0.0140. The number of nitrogens with zero attached hydrogens (tertiary/aromatic N) is 20. The molecule has 2 aliphatic rings. The molecule has 0 aliphatic carbocycles. The summed E-state index contributed by atoms with van der Waals surface area (Å²) in [5.41, 5.74) is 35.8. The van der Waals surface area contributed by atoms with Crippen molar-refractivity contribution in [2.75, 3.05) is 156 Å². The molecule has 10 N–H and O–H groups in total. The van der Waals surface area contributed by atoms with E-state index in [1.54, 1.807) is 88.3 Å². The number of likely N-dealkylation sites (N-methyl/N-ethyl adjacent to an activating group) is 1. The molecule has 0 saturated carbocycles. The minimum Gasteiger partial charge on any atom is -0.461 e. The Labute approximate surface area is 772 Å². The smallest absolute Gasteiger partial charge is 0.461 e. The van der Waals surface area contributed by atoms with Crippen molar-refractivity contribution in [1.29, 1.82) is 0 Å². The van der Waals surface area contributed by atoms with Crippen molar-refractivity contribution in [2.45, 2.75) is 112 Å². The van der Waals surface area contributed by atoms with Crippen LogP contribution in [0.5, 0.6) is 36.1 Å². The quantitative estimate of drug-likeness (QED) is 0.0156. The number of anilines is 5. The van der Waals surface area contributed by atoms with E-state index in [1.807, 2.05) is 90.4 Å². The van der Waals surface area contributed by atoms with Crippen LogP contribution in [0.4, 0.5) is 38.7 Å². The van der Waals surface area contributed by atoms with Gasteiger partial charge in [-0.15, -0.1) is 0 Å². The van der Waals surface area contributed by atoms with Gasteiger partial charge < -0.3 is 104 Å². The van der Waals surface area contributed by atoms with Crippen LogP contribution in [0, 0.1) is 6.92 Å². The summed E-state index contributed by atoms with van der Waals surface area (Å²) < 4.78 is 71.8. The van der Waals surface area contributed by atoms with Gasteiger partial charge in [-0.05, 0) is 130 Å². The Morgan fingerprint density at radius 1 is 0.418 bits per heavy atom. The van der Waals surface area contributed by atoms with Crippen molar-refractivity contribution in [3.63, 3.8) is 0 Å². The van der Waals surface area contributed by atoms with E-state index in [2.05, 4.69) is 134 Å². The highest BCUT2D eigenvalue weighted by atomic mass is 16.7. The number of nitrogens with two attached hydrogens (primary N) is 4. The van der Waals surface area contributed by atoms with Crippen LogP contribution in [0.15, 0.2) is 155 Å². The van der Waals surface area contributed by atoms with Crippen LogP contribution in [-0.2, 0) is 80.8 Å². The third-order valence-corrected chi connectivity index (χ3v) is 21.0. The van der Waals surface area contributed by atoms with Crippen molar-refractivity contribution in [3.8, 4) is 36.1 Å². The number of fused-ring (bicyclic) bond motifs is 4. The predicted molar refractivity (Wildman–Crippen MR) is 501 cm³/mol. The van der Waals surface area contributed by atoms with Crippen molar-refractivity contribution in [1.82, 2.24) is 102 Å². The summed E-state index contributed by atoms with van der Waals surface area (Å²) in [7, 11) is 8.48. The molecular formula is C92H114N26O16. The molecule has 2 fully saturated rings. The van der Waals surface area contributed by atoms with Crippen LogP contribution in [0.25, 0.3) is 44.7 Å². The second-order valence-electron chi connectivity index (χ2n) is 32.0. The van der Waals surface area contributed by atoms with Gasteiger partial charge in [0.05, 0.1) is 71.4 Å². The number of piperazine rings is 1. The summed E-state index contributed by atoms with van der Waals surface area (Å²) in [6.45, 7) is 22.4. The molecule has 0 radical (unpaired) electrons. The molecule has 2 saturated heterocycles. The van der Waals surface area contributed by atoms with Gasteiger partial charge >= 0.3 is 54.1 Å². The van der Waals surface area contributed by atoms with Gasteiger partial charge in [-0.2, -0.15) is 49.8 Å². The maximum absolute atomic E-state index is 12.6. The van der Waals surface area contributed by atoms with E-state index in [0.29, 0.717) is 116 Å². The molecule has 12 heterocycles. The number of carbonyl (C=O) groups is 2. The number of H-pyrrole nitrogens is 1. The highest BCUT2D eigenvalue weighted by Gasteiger charge is 2.27. The Morgan fingerprint density at radius 3 is 1.26 bits per heavy atom. The SMILES string of the molecule is COCCOc1nc(N)c2[nH]c(=O)n(Cc3cccc(Cn4ccccc4=O)c3)c2n1.COCCOc1nc(N)c2nc(C)n(Cc3cccc(CNc4ccccn4)c3)c2n1.COCCOc1nc(N)c2nc(OC(=O)OC(C)C)n(Cc3cccc(CN4CCCC4)c3)c2n1.COCCOc1nc(N)c2nc(OC(=O)OC(C)C)n(Cc3cccc(CN4CCN(C)CC4)c3)c2n1. The molecule has 10 aromatic heterocycles. The van der Waals surface area contributed by atoms with Crippen LogP contribution < -0.4 is 67.9 Å². The molecule has 42 heteroatoms. The Balaban J connectivity index is 0.000000152. The number of methoxy groups -OCH3 is 4. The van der Waals surface area contributed by atoms with Gasteiger partial charge in [0, 0.05) is 92.7 Å². The third kappa shape index (κ3) is 27.1. The first-order valence-electron chi connectivity index (χ1n) is 43.8. The normalized spacial score (nSPS) is 12.9. The number of ether oxygens (including phenoxy) is 12. The summed E-state index contributed by atoms with van der Waals surface area (Å²) in [6, 6.07) is 44.0. The van der Waals surface area contributed by atoms with Gasteiger partial charge in [-0.1, -0.05) is 109 Å². The summed E-state index contributed by atoms with van der Waals surface area (Å²) in [5, 5.41) is 3.33. The number of aromatic amines is 1. The van der Waals surface area contributed by atoms with Gasteiger partial charge in [0.25, 0.3) is 5.56 Å². The average molecular weight is 1840 g/mol. The zero-order chi connectivity index (χ0) is 94.6. The molecule has 0 unspecified atom stereocenters. The molecule has 134 heavy (non-hydrogen) atoms. The second kappa shape index (κ2) is 47.5. The molecular weight excluding hydrogens is 1730 g/mol. The first-order chi connectivity index (χ1) is 64.9. The van der Waals surface area contributed by atoms with E-state index in [0.717, 1.165) is 97.4 Å². The molecule has 42 nitrogen and oxygen atoms in total. The maximum atomic E-state index is 12.6. The number of aromatic nitrogens is 18. The van der Waals surface area contributed by atoms with Crippen LogP contribution in [0.2, 0.25) is 0 Å². The fraction of sp³-hybridized carbons (Fsp3) is 0.391. The second-order valence-corrected chi connectivity index (χ2v) is 32.0. The number of hydrogen-bond donors (Lipinski definition) is 6. The maximum Gasteiger partial charge on any atom is 0.516 e. The van der Waals surface area contributed by atoms with E-state index in [-0.39, 0.29) is 103 Å². The topological polar surface area (TPSA) is 500 Å². The highest BCUT2D eigenvalue weighted by Crippen LogP contribution is 2.32. The van der Waals surface area contributed by atoms with Crippen LogP contribution in [0.1, 0.15) is 90.9 Å². The number of aryl methyl sites for hydroxylation is 1. The number of imidazole rings is 4. The van der Waals surface area contributed by atoms with Crippen molar-refractivity contribution < 1.29 is 66.4 Å². The van der Waals surface area contributed by atoms with E-state index >= 15 is 0 Å². The number of likely N-dealkylation sites (tertiary alicyclic amines) is 1. The molecule has 708 valence electrons. The fourth-order valence-electron chi connectivity index (χ4n) is 14.5. The number of nitrogens with one attached hydrogen (secondary N) is 2. The largest absolute Gasteiger partial charge is 0.516 e.